The maximum absolute atomic E-state index is 6.13. The van der Waals surface area contributed by atoms with Crippen molar-refractivity contribution in [1.29, 1.82) is 0 Å². The normalized spacial score (nSPS) is 24.1. The van der Waals surface area contributed by atoms with Crippen LogP contribution < -0.4 is 10.1 Å². The number of hydrogen-bond acceptors (Lipinski definition) is 8. The Labute approximate surface area is 189 Å². The highest BCUT2D eigenvalue weighted by atomic mass is 16.6. The molecule has 2 aromatic carbocycles. The van der Waals surface area contributed by atoms with Crippen molar-refractivity contribution in [2.75, 3.05) is 13.2 Å². The number of fused-ring (bicyclic) bond motifs is 1. The summed E-state index contributed by atoms with van der Waals surface area (Å²) in [6.07, 6.45) is 2.99. The van der Waals surface area contributed by atoms with Crippen molar-refractivity contribution in [3.63, 3.8) is 0 Å². The molecule has 2 aliphatic rings. The van der Waals surface area contributed by atoms with Gasteiger partial charge in [-0.1, -0.05) is 35.4 Å². The monoisotopic (exact) mass is 447 g/mol. The fourth-order valence-corrected chi connectivity index (χ4v) is 4.40. The van der Waals surface area contributed by atoms with Crippen LogP contribution in [0.4, 0.5) is 0 Å². The van der Waals surface area contributed by atoms with E-state index in [9.17, 15) is 0 Å². The molecule has 0 bridgehead atoms. The van der Waals surface area contributed by atoms with Gasteiger partial charge in [0.05, 0.1) is 12.3 Å². The molecule has 6 rings (SSSR count). The Morgan fingerprint density at radius 1 is 1.00 bits per heavy atom. The first kappa shape index (κ1) is 20.0. The van der Waals surface area contributed by atoms with Gasteiger partial charge in [0, 0.05) is 5.56 Å². The second-order valence-electron chi connectivity index (χ2n) is 8.09. The number of tetrazole rings is 1. The van der Waals surface area contributed by atoms with E-state index < -0.39 is 0 Å². The van der Waals surface area contributed by atoms with Gasteiger partial charge in [-0.2, -0.15) is 9.78 Å². The van der Waals surface area contributed by atoms with Crippen LogP contribution in [0.15, 0.2) is 67.3 Å². The highest BCUT2D eigenvalue weighted by Crippen LogP contribution is 2.35. The molecule has 0 aliphatic carbocycles. The number of nitrogens with two attached hydrogens (primary N) is 1. The average Bonchev–Trinajstić information content (AvgIpc) is 3.64. The van der Waals surface area contributed by atoms with E-state index in [4.69, 9.17) is 14.2 Å². The van der Waals surface area contributed by atoms with Crippen molar-refractivity contribution in [3.05, 3.63) is 72.8 Å². The first-order valence-corrected chi connectivity index (χ1v) is 10.9. The number of aromatic nitrogens is 7. The van der Waals surface area contributed by atoms with Gasteiger partial charge in [-0.3, -0.25) is 0 Å². The lowest BCUT2D eigenvalue weighted by Crippen LogP contribution is -2.91. The van der Waals surface area contributed by atoms with Crippen LogP contribution in [0.2, 0.25) is 0 Å². The summed E-state index contributed by atoms with van der Waals surface area (Å²) in [6, 6.07) is 18.2. The molecule has 11 nitrogen and oxygen atoms in total. The zero-order valence-corrected chi connectivity index (χ0v) is 17.7. The standard InChI is InChI=1S/C22H22N8O3/c1-2-4-15(5-3-1)10-24-18-11-31-21-19(12-32-20(18)21)30-22(26-27-28-30)33-17-8-6-16(7-9-17)29-14-23-13-25-29/h1-9,13-14,18-21,24H,10-12H2/p+1/t18-,19-,20+,21+/m0/s1. The van der Waals surface area contributed by atoms with Gasteiger partial charge in [-0.05, 0) is 34.7 Å². The number of quaternary nitrogens is 1. The van der Waals surface area contributed by atoms with E-state index in [-0.39, 0.29) is 24.3 Å². The molecule has 2 saturated heterocycles. The van der Waals surface area contributed by atoms with E-state index in [1.807, 2.05) is 30.3 Å². The Morgan fingerprint density at radius 2 is 1.85 bits per heavy atom. The number of rotatable bonds is 7. The summed E-state index contributed by atoms with van der Waals surface area (Å²) in [6.45, 7) is 1.98. The Morgan fingerprint density at radius 3 is 2.67 bits per heavy atom. The fourth-order valence-electron chi connectivity index (χ4n) is 4.40. The molecule has 11 heteroatoms. The van der Waals surface area contributed by atoms with Gasteiger partial charge < -0.3 is 19.5 Å². The van der Waals surface area contributed by atoms with Gasteiger partial charge in [0.1, 0.15) is 55.8 Å². The molecular weight excluding hydrogens is 424 g/mol. The molecule has 2 aliphatic heterocycles. The SMILES string of the molecule is c1ccc(C[NH2+][C@H]2CO[C@H]3[C@@H]2OC[C@@H]3n2nnnc2Oc2ccc(-n3cncn3)cc2)cc1. The zero-order valence-electron chi connectivity index (χ0n) is 17.7. The van der Waals surface area contributed by atoms with Gasteiger partial charge in [-0.15, -0.1) is 0 Å². The Bertz CT molecular complexity index is 1180. The minimum atomic E-state index is -0.149. The minimum Gasteiger partial charge on any atom is -0.423 e. The second kappa shape index (κ2) is 8.70. The third kappa shape index (κ3) is 3.97. The van der Waals surface area contributed by atoms with Crippen LogP contribution in [0.3, 0.4) is 0 Å². The lowest BCUT2D eigenvalue weighted by molar-refractivity contribution is -0.707. The fraction of sp³-hybridized carbons (Fsp3) is 0.318. The molecule has 4 aromatic rings. The first-order valence-electron chi connectivity index (χ1n) is 10.9. The van der Waals surface area contributed by atoms with Crippen LogP contribution in [0.1, 0.15) is 11.6 Å². The lowest BCUT2D eigenvalue weighted by atomic mass is 10.1. The van der Waals surface area contributed by atoms with Gasteiger partial charge in [-0.25, -0.2) is 9.67 Å². The third-order valence-electron chi connectivity index (χ3n) is 6.07. The molecular formula is C22H23N8O3+. The van der Waals surface area contributed by atoms with Crippen LogP contribution in [0.5, 0.6) is 11.8 Å². The summed E-state index contributed by atoms with van der Waals surface area (Å²) in [5.41, 5.74) is 2.16. The van der Waals surface area contributed by atoms with Crippen molar-refractivity contribution in [2.24, 2.45) is 0 Å². The first-order chi connectivity index (χ1) is 16.3. The maximum atomic E-state index is 6.13. The number of ether oxygens (including phenoxy) is 3. The predicted molar refractivity (Wildman–Crippen MR) is 114 cm³/mol. The second-order valence-corrected chi connectivity index (χ2v) is 8.09. The van der Waals surface area contributed by atoms with Crippen molar-refractivity contribution in [1.82, 2.24) is 35.0 Å². The summed E-state index contributed by atoms with van der Waals surface area (Å²) in [7, 11) is 0. The number of benzene rings is 2. The van der Waals surface area contributed by atoms with Crippen molar-refractivity contribution >= 4 is 0 Å². The summed E-state index contributed by atoms with van der Waals surface area (Å²) in [5, 5.41) is 18.5. The molecule has 2 aromatic heterocycles. The molecule has 33 heavy (non-hydrogen) atoms. The average molecular weight is 447 g/mol. The zero-order chi connectivity index (χ0) is 22.0. The Kier molecular flexibility index (Phi) is 5.26. The molecule has 0 saturated carbocycles. The van der Waals surface area contributed by atoms with Crippen LogP contribution in [-0.4, -0.2) is 66.4 Å². The molecule has 0 amide bonds. The van der Waals surface area contributed by atoms with E-state index in [1.54, 1.807) is 15.7 Å². The van der Waals surface area contributed by atoms with Crippen LogP contribution in [0, 0.1) is 0 Å². The van der Waals surface area contributed by atoms with E-state index in [0.717, 1.165) is 12.2 Å². The van der Waals surface area contributed by atoms with E-state index in [1.165, 1.54) is 11.9 Å². The number of hydrogen-bond donors (Lipinski definition) is 1. The molecule has 4 heterocycles. The van der Waals surface area contributed by atoms with E-state index in [2.05, 4.69) is 55.2 Å². The Balaban J connectivity index is 1.12. The Hall–Kier alpha value is -3.67. The molecule has 168 valence electrons. The van der Waals surface area contributed by atoms with E-state index >= 15 is 0 Å². The molecule has 0 spiro atoms. The smallest absolute Gasteiger partial charge is 0.341 e. The molecule has 0 radical (unpaired) electrons. The summed E-state index contributed by atoms with van der Waals surface area (Å²) in [4.78, 5) is 3.96. The predicted octanol–water partition coefficient (Wildman–Crippen LogP) is 0.517. The van der Waals surface area contributed by atoms with Gasteiger partial charge >= 0.3 is 6.01 Å². The molecule has 0 unspecified atom stereocenters. The quantitative estimate of drug-likeness (QED) is 0.436. The van der Waals surface area contributed by atoms with Crippen molar-refractivity contribution < 1.29 is 19.5 Å². The van der Waals surface area contributed by atoms with Crippen LogP contribution in [-0.2, 0) is 16.0 Å². The highest BCUT2D eigenvalue weighted by Gasteiger charge is 2.51. The molecule has 2 fully saturated rings. The topological polar surface area (TPSA) is 119 Å². The molecule has 2 N–H and O–H groups in total. The van der Waals surface area contributed by atoms with Crippen LogP contribution >= 0.6 is 0 Å². The summed E-state index contributed by atoms with van der Waals surface area (Å²) in [5.74, 6) is 0.617. The summed E-state index contributed by atoms with van der Waals surface area (Å²) < 4.78 is 21.6. The highest BCUT2D eigenvalue weighted by molar-refractivity contribution is 5.37. The lowest BCUT2D eigenvalue weighted by Gasteiger charge is -2.16. The van der Waals surface area contributed by atoms with E-state index in [0.29, 0.717) is 25.0 Å². The van der Waals surface area contributed by atoms with Gasteiger partial charge in [0.2, 0.25) is 0 Å². The third-order valence-corrected chi connectivity index (χ3v) is 6.07. The maximum Gasteiger partial charge on any atom is 0.341 e. The minimum absolute atomic E-state index is 0.0160. The van der Waals surface area contributed by atoms with Crippen molar-refractivity contribution in [3.8, 4) is 17.4 Å². The van der Waals surface area contributed by atoms with Gasteiger partial charge in [0.15, 0.2) is 0 Å². The largest absolute Gasteiger partial charge is 0.423 e. The molecule has 4 atom stereocenters. The van der Waals surface area contributed by atoms with Crippen molar-refractivity contribution in [2.45, 2.75) is 30.8 Å². The van der Waals surface area contributed by atoms with Crippen LogP contribution in [0.25, 0.3) is 5.69 Å². The number of nitrogens with zero attached hydrogens (tertiary/aromatic N) is 7. The summed E-state index contributed by atoms with van der Waals surface area (Å²) >= 11 is 0. The van der Waals surface area contributed by atoms with Gasteiger partial charge in [0.25, 0.3) is 0 Å².